The van der Waals surface area contributed by atoms with Crippen molar-refractivity contribution in [2.24, 2.45) is 0 Å². The minimum atomic E-state index is -4.68. The van der Waals surface area contributed by atoms with Gasteiger partial charge in [0.15, 0.2) is 5.65 Å². The lowest BCUT2D eigenvalue weighted by Crippen LogP contribution is -2.16. The monoisotopic (exact) mass is 405 g/mol. The Balaban J connectivity index is 1.78. The van der Waals surface area contributed by atoms with Crippen LogP contribution in [0.1, 0.15) is 46.1 Å². The zero-order chi connectivity index (χ0) is 20.9. The molecule has 1 amide bonds. The summed E-state index contributed by atoms with van der Waals surface area (Å²) in [4.78, 5) is 27.5. The van der Waals surface area contributed by atoms with Crippen LogP contribution in [0.2, 0.25) is 0 Å². The highest BCUT2D eigenvalue weighted by Crippen LogP contribution is 2.41. The Kier molecular flexibility index (Phi) is 4.25. The van der Waals surface area contributed by atoms with Crippen molar-refractivity contribution in [3.63, 3.8) is 0 Å². The highest BCUT2D eigenvalue weighted by molar-refractivity contribution is 6.09. The molecule has 4 rings (SSSR count). The van der Waals surface area contributed by atoms with E-state index in [0.29, 0.717) is 10.1 Å². The molecule has 1 aliphatic rings. The SMILES string of the molecule is Cc1ccc(NC(=O)c2cnn3c(C(F)(F)F)cc(C4CC4)nc23)c([N+](=O)[O-])c1. The summed E-state index contributed by atoms with van der Waals surface area (Å²) >= 11 is 0. The van der Waals surface area contributed by atoms with Gasteiger partial charge < -0.3 is 5.32 Å². The summed E-state index contributed by atoms with van der Waals surface area (Å²) in [6.45, 7) is 1.66. The first-order chi connectivity index (χ1) is 13.6. The minimum absolute atomic E-state index is 0.0701. The highest BCUT2D eigenvalue weighted by atomic mass is 19.4. The number of aryl methyl sites for hydroxylation is 1. The van der Waals surface area contributed by atoms with E-state index in [2.05, 4.69) is 15.4 Å². The number of alkyl halides is 3. The second-order valence-electron chi connectivity index (χ2n) is 6.86. The summed E-state index contributed by atoms with van der Waals surface area (Å²) in [5.41, 5.74) is -0.986. The van der Waals surface area contributed by atoms with Crippen molar-refractivity contribution in [2.75, 3.05) is 5.32 Å². The predicted molar refractivity (Wildman–Crippen MR) is 95.8 cm³/mol. The number of nitro groups is 1. The van der Waals surface area contributed by atoms with Crippen LogP contribution in [0.3, 0.4) is 0 Å². The van der Waals surface area contributed by atoms with E-state index in [1.54, 1.807) is 13.0 Å². The standard InChI is InChI=1S/C18H14F3N5O3/c1-9-2-5-12(14(6-9)26(28)29)24-17(27)11-8-22-25-15(18(19,20)21)7-13(10-3-4-10)23-16(11)25/h2,5-8,10H,3-4H2,1H3,(H,24,27). The molecule has 11 heteroatoms. The Labute approximate surface area is 161 Å². The van der Waals surface area contributed by atoms with Gasteiger partial charge in [-0.3, -0.25) is 14.9 Å². The fraction of sp³-hybridized carbons (Fsp3) is 0.278. The molecule has 1 aromatic carbocycles. The largest absolute Gasteiger partial charge is 0.433 e. The number of benzene rings is 1. The molecule has 29 heavy (non-hydrogen) atoms. The number of hydrogen-bond acceptors (Lipinski definition) is 5. The molecule has 0 atom stereocenters. The van der Waals surface area contributed by atoms with Crippen molar-refractivity contribution < 1.29 is 22.9 Å². The van der Waals surface area contributed by atoms with Gasteiger partial charge in [-0.2, -0.15) is 18.3 Å². The van der Waals surface area contributed by atoms with Crippen LogP contribution in [0.25, 0.3) is 5.65 Å². The van der Waals surface area contributed by atoms with Crippen LogP contribution in [0.4, 0.5) is 24.5 Å². The van der Waals surface area contributed by atoms with Gasteiger partial charge in [-0.1, -0.05) is 6.07 Å². The summed E-state index contributed by atoms with van der Waals surface area (Å²) in [5.74, 6) is -0.911. The molecule has 1 aliphatic carbocycles. The molecule has 0 aliphatic heterocycles. The summed E-state index contributed by atoms with van der Waals surface area (Å²) in [6, 6.07) is 5.17. The third-order valence-electron chi connectivity index (χ3n) is 4.62. The molecule has 1 saturated carbocycles. The first kappa shape index (κ1) is 18.8. The van der Waals surface area contributed by atoms with E-state index in [-0.39, 0.29) is 34.2 Å². The minimum Gasteiger partial charge on any atom is -0.316 e. The van der Waals surface area contributed by atoms with Crippen LogP contribution in [-0.4, -0.2) is 25.4 Å². The number of fused-ring (bicyclic) bond motifs is 1. The zero-order valence-electron chi connectivity index (χ0n) is 15.0. The molecule has 0 saturated heterocycles. The lowest BCUT2D eigenvalue weighted by molar-refractivity contribution is -0.384. The molecule has 3 aromatic rings. The van der Waals surface area contributed by atoms with Crippen molar-refractivity contribution in [3.8, 4) is 0 Å². The van der Waals surface area contributed by atoms with Gasteiger partial charge in [0, 0.05) is 17.7 Å². The average Bonchev–Trinajstić information content (AvgIpc) is 3.40. The van der Waals surface area contributed by atoms with Gasteiger partial charge in [-0.05, 0) is 37.5 Å². The quantitative estimate of drug-likeness (QED) is 0.520. The average molecular weight is 405 g/mol. The number of carbonyl (C=O) groups excluding carboxylic acids is 1. The number of rotatable bonds is 4. The van der Waals surface area contributed by atoms with Gasteiger partial charge in [0.25, 0.3) is 11.6 Å². The lowest BCUT2D eigenvalue weighted by atomic mass is 10.2. The van der Waals surface area contributed by atoms with E-state index in [1.165, 1.54) is 12.1 Å². The number of anilines is 1. The number of nitrogens with zero attached hydrogens (tertiary/aromatic N) is 4. The van der Waals surface area contributed by atoms with E-state index in [9.17, 15) is 28.1 Å². The number of halogens is 3. The zero-order valence-corrected chi connectivity index (χ0v) is 15.0. The number of carbonyl (C=O) groups is 1. The van der Waals surface area contributed by atoms with Crippen LogP contribution < -0.4 is 5.32 Å². The maximum Gasteiger partial charge on any atom is 0.433 e. The number of hydrogen-bond donors (Lipinski definition) is 1. The molecule has 2 aromatic heterocycles. The van der Waals surface area contributed by atoms with Gasteiger partial charge >= 0.3 is 6.18 Å². The smallest absolute Gasteiger partial charge is 0.316 e. The lowest BCUT2D eigenvalue weighted by Gasteiger charge is -2.11. The van der Waals surface area contributed by atoms with E-state index in [0.717, 1.165) is 25.1 Å². The normalized spacial score (nSPS) is 14.2. The van der Waals surface area contributed by atoms with Crippen molar-refractivity contribution >= 4 is 22.9 Å². The summed E-state index contributed by atoms with van der Waals surface area (Å²) in [5, 5.41) is 17.3. The molecule has 2 heterocycles. The van der Waals surface area contributed by atoms with Gasteiger partial charge in [-0.15, -0.1) is 0 Å². The molecule has 8 nitrogen and oxygen atoms in total. The topological polar surface area (TPSA) is 102 Å². The van der Waals surface area contributed by atoms with Gasteiger partial charge in [0.05, 0.1) is 11.1 Å². The maximum atomic E-state index is 13.5. The second-order valence-corrected chi connectivity index (χ2v) is 6.86. The van der Waals surface area contributed by atoms with Gasteiger partial charge in [-0.25, -0.2) is 9.50 Å². The Morgan fingerprint density at radius 1 is 1.31 bits per heavy atom. The van der Waals surface area contributed by atoms with Crippen LogP contribution >= 0.6 is 0 Å². The van der Waals surface area contributed by atoms with Crippen LogP contribution in [0.15, 0.2) is 30.5 Å². The molecule has 0 bridgehead atoms. The number of amides is 1. The van der Waals surface area contributed by atoms with E-state index in [4.69, 9.17) is 0 Å². The van der Waals surface area contributed by atoms with Gasteiger partial charge in [0.2, 0.25) is 0 Å². The van der Waals surface area contributed by atoms with Crippen molar-refractivity contribution in [2.45, 2.75) is 31.9 Å². The summed E-state index contributed by atoms with van der Waals surface area (Å²) < 4.78 is 40.9. The fourth-order valence-electron chi connectivity index (χ4n) is 3.02. The predicted octanol–water partition coefficient (Wildman–Crippen LogP) is 4.09. The Bertz CT molecular complexity index is 1150. The molecule has 0 unspecified atom stereocenters. The van der Waals surface area contributed by atoms with Crippen LogP contribution in [0, 0.1) is 17.0 Å². The van der Waals surface area contributed by atoms with Crippen molar-refractivity contribution in [3.05, 3.63) is 63.1 Å². The molecule has 0 radical (unpaired) electrons. The number of aromatic nitrogens is 3. The van der Waals surface area contributed by atoms with E-state index < -0.39 is 22.7 Å². The Morgan fingerprint density at radius 3 is 2.66 bits per heavy atom. The Morgan fingerprint density at radius 2 is 2.03 bits per heavy atom. The first-order valence-electron chi connectivity index (χ1n) is 8.67. The molecular formula is C18H14F3N5O3. The molecule has 0 spiro atoms. The summed E-state index contributed by atoms with van der Waals surface area (Å²) in [7, 11) is 0. The summed E-state index contributed by atoms with van der Waals surface area (Å²) in [6.07, 6.45) is -2.25. The number of nitro benzene ring substituents is 1. The second kappa shape index (κ2) is 6.54. The highest BCUT2D eigenvalue weighted by Gasteiger charge is 2.38. The third-order valence-corrected chi connectivity index (χ3v) is 4.62. The third kappa shape index (κ3) is 3.50. The van der Waals surface area contributed by atoms with Crippen molar-refractivity contribution in [1.29, 1.82) is 0 Å². The fourth-order valence-corrected chi connectivity index (χ4v) is 3.02. The Hall–Kier alpha value is -3.50. The van der Waals surface area contributed by atoms with E-state index >= 15 is 0 Å². The molecule has 150 valence electrons. The molecular weight excluding hydrogens is 391 g/mol. The first-order valence-corrected chi connectivity index (χ1v) is 8.67. The number of nitrogens with one attached hydrogen (secondary N) is 1. The van der Waals surface area contributed by atoms with Gasteiger partial charge in [0.1, 0.15) is 16.9 Å². The van der Waals surface area contributed by atoms with Crippen molar-refractivity contribution in [1.82, 2.24) is 14.6 Å². The molecule has 1 N–H and O–H groups in total. The van der Waals surface area contributed by atoms with Crippen LogP contribution in [0.5, 0.6) is 0 Å². The van der Waals surface area contributed by atoms with E-state index in [1.807, 2.05) is 0 Å². The molecule has 1 fully saturated rings. The van der Waals surface area contributed by atoms with Crippen LogP contribution in [-0.2, 0) is 6.18 Å². The maximum absolute atomic E-state index is 13.5.